The molecular weight excluding hydrogens is 442 g/mol. The van der Waals surface area contributed by atoms with E-state index in [4.69, 9.17) is 12.2 Å². The number of aryl methyl sites for hydroxylation is 1. The Balaban J connectivity index is 1.62. The highest BCUT2D eigenvalue weighted by atomic mass is 32.1. The largest absolute Gasteiger partial charge is 0.433 e. The molecule has 0 radical (unpaired) electrons. The maximum Gasteiger partial charge on any atom is 0.433 e. The van der Waals surface area contributed by atoms with Gasteiger partial charge in [0.1, 0.15) is 11.6 Å². The molecule has 5 nitrogen and oxygen atoms in total. The predicted octanol–water partition coefficient (Wildman–Crippen LogP) is 5.04. The molecule has 32 heavy (non-hydrogen) atoms. The predicted molar refractivity (Wildman–Crippen MR) is 121 cm³/mol. The molecule has 2 unspecified atom stereocenters. The molecule has 0 saturated carbocycles. The van der Waals surface area contributed by atoms with Crippen molar-refractivity contribution in [1.29, 1.82) is 0 Å². The molecule has 0 bridgehead atoms. The monoisotopic (exact) mass is 469 g/mol. The topological polar surface area (TPSA) is 53.1 Å². The molecule has 1 saturated heterocycles. The fraction of sp³-hybridized carbons (Fsp3) is 0.500. The number of anilines is 2. The Kier molecular flexibility index (Phi) is 7.86. The van der Waals surface area contributed by atoms with Crippen LogP contribution in [0.15, 0.2) is 30.3 Å². The number of nitrogens with one attached hydrogen (secondary N) is 2. The maximum atomic E-state index is 13.4. The van der Waals surface area contributed by atoms with Crippen molar-refractivity contribution in [2.24, 2.45) is 11.8 Å². The van der Waals surface area contributed by atoms with Gasteiger partial charge in [-0.3, -0.25) is 0 Å². The number of aromatic nitrogens is 2. The van der Waals surface area contributed by atoms with E-state index in [1.54, 1.807) is 12.1 Å². The number of thiocarbonyl (C=S) groups is 1. The van der Waals surface area contributed by atoms with Gasteiger partial charge >= 0.3 is 6.18 Å². The van der Waals surface area contributed by atoms with Gasteiger partial charge in [0.25, 0.3) is 0 Å². The van der Waals surface area contributed by atoms with Gasteiger partial charge in [0, 0.05) is 25.7 Å². The van der Waals surface area contributed by atoms with Crippen LogP contribution >= 0.6 is 12.2 Å². The molecule has 0 spiro atoms. The van der Waals surface area contributed by atoms with Crippen LogP contribution in [0.25, 0.3) is 0 Å². The summed E-state index contributed by atoms with van der Waals surface area (Å²) in [6.07, 6.45) is -2.13. The van der Waals surface area contributed by atoms with Crippen LogP contribution in [0.5, 0.6) is 0 Å². The minimum Gasteiger partial charge on any atom is -0.362 e. The molecule has 2 heterocycles. The molecule has 1 aromatic carbocycles. The number of hydrogen-bond donors (Lipinski definition) is 2. The van der Waals surface area contributed by atoms with Crippen LogP contribution in [0, 0.1) is 17.7 Å². The van der Waals surface area contributed by atoms with Crippen molar-refractivity contribution in [2.75, 3.05) is 29.9 Å². The molecule has 2 atom stereocenters. The first-order valence-corrected chi connectivity index (χ1v) is 11.0. The molecule has 1 fully saturated rings. The van der Waals surface area contributed by atoms with Crippen molar-refractivity contribution in [1.82, 2.24) is 15.3 Å². The minimum atomic E-state index is -4.59. The van der Waals surface area contributed by atoms with Crippen LogP contribution in [-0.2, 0) is 12.6 Å². The van der Waals surface area contributed by atoms with E-state index in [1.807, 2.05) is 4.90 Å². The van der Waals surface area contributed by atoms with E-state index in [2.05, 4.69) is 34.4 Å². The molecule has 174 valence electrons. The number of alkyl halides is 3. The van der Waals surface area contributed by atoms with Crippen LogP contribution in [0.3, 0.4) is 0 Å². The quantitative estimate of drug-likeness (QED) is 0.351. The number of benzene rings is 1. The lowest BCUT2D eigenvalue weighted by Gasteiger charge is -2.36. The number of rotatable bonds is 6. The normalized spacial score (nSPS) is 19.0. The van der Waals surface area contributed by atoms with Crippen molar-refractivity contribution >= 4 is 29.1 Å². The van der Waals surface area contributed by atoms with Gasteiger partial charge in [-0.25, -0.2) is 9.37 Å². The second-order valence-electron chi connectivity index (χ2n) is 8.39. The summed E-state index contributed by atoms with van der Waals surface area (Å²) in [5.74, 6) is 0.502. The average Bonchev–Trinajstić information content (AvgIpc) is 2.71. The van der Waals surface area contributed by atoms with E-state index in [0.29, 0.717) is 44.3 Å². The van der Waals surface area contributed by atoms with Gasteiger partial charge < -0.3 is 15.5 Å². The summed E-state index contributed by atoms with van der Waals surface area (Å²) >= 11 is 5.21. The van der Waals surface area contributed by atoms with Crippen LogP contribution in [-0.4, -0.2) is 34.7 Å². The van der Waals surface area contributed by atoms with Crippen LogP contribution in [0.2, 0.25) is 0 Å². The van der Waals surface area contributed by atoms with E-state index in [0.717, 1.165) is 18.1 Å². The number of piperidine rings is 1. The number of nitrogens with zero attached hydrogens (tertiary/aromatic N) is 3. The van der Waals surface area contributed by atoms with Gasteiger partial charge in [-0.2, -0.15) is 18.2 Å². The molecule has 1 aliphatic heterocycles. The lowest BCUT2D eigenvalue weighted by Crippen LogP contribution is -2.39. The van der Waals surface area contributed by atoms with Gasteiger partial charge in [0.05, 0.1) is 0 Å². The summed E-state index contributed by atoms with van der Waals surface area (Å²) in [4.78, 5) is 9.80. The van der Waals surface area contributed by atoms with E-state index in [9.17, 15) is 17.6 Å². The zero-order valence-corrected chi connectivity index (χ0v) is 18.9. The van der Waals surface area contributed by atoms with E-state index in [-0.39, 0.29) is 22.7 Å². The Labute approximate surface area is 190 Å². The smallest absolute Gasteiger partial charge is 0.362 e. The lowest BCUT2D eigenvalue weighted by atomic mass is 9.92. The molecular formula is C22H27F4N5S. The highest BCUT2D eigenvalue weighted by Crippen LogP contribution is 2.32. The summed E-state index contributed by atoms with van der Waals surface area (Å²) in [7, 11) is 0. The second kappa shape index (κ2) is 10.4. The fourth-order valence-corrected chi connectivity index (χ4v) is 4.13. The van der Waals surface area contributed by atoms with Gasteiger partial charge in [0.2, 0.25) is 5.95 Å². The number of halogens is 4. The Morgan fingerprint density at radius 1 is 1.12 bits per heavy atom. The summed E-state index contributed by atoms with van der Waals surface area (Å²) in [6, 6.07) is 7.23. The van der Waals surface area contributed by atoms with Crippen LogP contribution in [0.1, 0.15) is 37.9 Å². The first-order valence-electron chi connectivity index (χ1n) is 10.6. The second-order valence-corrected chi connectivity index (χ2v) is 8.80. The molecule has 10 heteroatoms. The Bertz CT molecular complexity index is 910. The average molecular weight is 470 g/mol. The molecule has 0 aliphatic carbocycles. The van der Waals surface area contributed by atoms with Gasteiger partial charge in [-0.15, -0.1) is 0 Å². The molecule has 0 amide bonds. The third kappa shape index (κ3) is 7.01. The van der Waals surface area contributed by atoms with Crippen molar-refractivity contribution in [3.8, 4) is 0 Å². The van der Waals surface area contributed by atoms with Gasteiger partial charge in [-0.1, -0.05) is 26.0 Å². The lowest BCUT2D eigenvalue weighted by molar-refractivity contribution is -0.141. The molecule has 2 N–H and O–H groups in total. The summed E-state index contributed by atoms with van der Waals surface area (Å²) in [5.41, 5.74) is -0.0158. The van der Waals surface area contributed by atoms with Crippen LogP contribution in [0.4, 0.5) is 29.3 Å². The Hall–Kier alpha value is -2.49. The minimum absolute atomic E-state index is 0.148. The summed E-state index contributed by atoms with van der Waals surface area (Å²) in [5, 5.41) is 5.79. The third-order valence-corrected chi connectivity index (χ3v) is 5.51. The first kappa shape index (κ1) is 24.2. The number of hydrogen-bond acceptors (Lipinski definition) is 4. The highest BCUT2D eigenvalue weighted by molar-refractivity contribution is 7.80. The molecule has 1 aromatic heterocycles. The van der Waals surface area contributed by atoms with Gasteiger partial charge in [-0.05, 0) is 61.0 Å². The zero-order valence-electron chi connectivity index (χ0n) is 18.0. The zero-order chi connectivity index (χ0) is 23.3. The van der Waals surface area contributed by atoms with Gasteiger partial charge in [0.15, 0.2) is 10.8 Å². The molecule has 3 rings (SSSR count). The van der Waals surface area contributed by atoms with Crippen molar-refractivity contribution in [3.63, 3.8) is 0 Å². The van der Waals surface area contributed by atoms with Crippen molar-refractivity contribution in [3.05, 3.63) is 47.4 Å². The van der Waals surface area contributed by atoms with Crippen LogP contribution < -0.4 is 15.5 Å². The molecule has 2 aromatic rings. The van der Waals surface area contributed by atoms with Crippen molar-refractivity contribution < 1.29 is 17.6 Å². The first-order chi connectivity index (χ1) is 15.1. The SMILES string of the molecule is CC1CC(C)CN(c2cc(C(F)(F)F)nc(NC(=S)NCCCc3ccc(F)cc3)n2)C1. The Morgan fingerprint density at radius 2 is 1.78 bits per heavy atom. The maximum absolute atomic E-state index is 13.4. The fourth-order valence-electron chi connectivity index (χ4n) is 3.94. The van der Waals surface area contributed by atoms with E-state index < -0.39 is 11.9 Å². The van der Waals surface area contributed by atoms with E-state index >= 15 is 0 Å². The standard InChI is InChI=1S/C22H27F4N5S/c1-14-10-15(2)13-31(12-14)19-11-18(22(24,25)26)28-20(29-19)30-21(32)27-9-3-4-16-5-7-17(23)8-6-16/h5-8,11,14-15H,3-4,9-10,12-13H2,1-2H3,(H2,27,28,29,30,32). The van der Waals surface area contributed by atoms with E-state index in [1.165, 1.54) is 12.1 Å². The Morgan fingerprint density at radius 3 is 2.41 bits per heavy atom. The highest BCUT2D eigenvalue weighted by Gasteiger charge is 2.35. The summed E-state index contributed by atoms with van der Waals surface area (Å²) in [6.45, 7) is 5.95. The summed E-state index contributed by atoms with van der Waals surface area (Å²) < 4.78 is 53.2. The van der Waals surface area contributed by atoms with Crippen molar-refractivity contribution in [2.45, 2.75) is 39.3 Å². The third-order valence-electron chi connectivity index (χ3n) is 5.26. The molecule has 1 aliphatic rings.